The van der Waals surface area contributed by atoms with Crippen molar-refractivity contribution in [1.29, 1.82) is 5.26 Å². The molecule has 1 aromatic carbocycles. The Bertz CT molecular complexity index is 397. The van der Waals surface area contributed by atoms with Crippen LogP contribution in [0.25, 0.3) is 0 Å². The van der Waals surface area contributed by atoms with E-state index >= 15 is 0 Å². The molecular formula is C13H16N2O. The molecule has 0 spiro atoms. The van der Waals surface area contributed by atoms with Crippen molar-refractivity contribution >= 4 is 0 Å². The second-order valence-electron chi connectivity index (χ2n) is 4.18. The van der Waals surface area contributed by atoms with Gasteiger partial charge in [0, 0.05) is 13.0 Å². The fourth-order valence-corrected chi connectivity index (χ4v) is 2.07. The van der Waals surface area contributed by atoms with E-state index in [1.165, 1.54) is 5.56 Å². The van der Waals surface area contributed by atoms with Crippen LogP contribution in [0.4, 0.5) is 0 Å². The minimum Gasteiger partial charge on any atom is -0.490 e. The van der Waals surface area contributed by atoms with Crippen molar-refractivity contribution in [2.24, 2.45) is 11.7 Å². The number of nitrogens with zero attached hydrogens (tertiary/aromatic N) is 1. The molecule has 1 aromatic rings. The van der Waals surface area contributed by atoms with Gasteiger partial charge in [-0.05, 0) is 24.5 Å². The average molecular weight is 216 g/mol. The van der Waals surface area contributed by atoms with Crippen molar-refractivity contribution in [3.63, 3.8) is 0 Å². The van der Waals surface area contributed by atoms with Gasteiger partial charge in [0.25, 0.3) is 0 Å². The Balaban J connectivity index is 2.00. The smallest absolute Gasteiger partial charge is 0.122 e. The van der Waals surface area contributed by atoms with E-state index in [0.717, 1.165) is 25.0 Å². The minimum absolute atomic E-state index is 0.0877. The highest BCUT2D eigenvalue weighted by Crippen LogP contribution is 2.29. The Hall–Kier alpha value is -1.53. The molecule has 2 unspecified atom stereocenters. The number of rotatable bonds is 3. The van der Waals surface area contributed by atoms with Crippen molar-refractivity contribution in [2.75, 3.05) is 6.54 Å². The molecule has 0 radical (unpaired) electrons. The second kappa shape index (κ2) is 5.00. The monoisotopic (exact) mass is 216 g/mol. The van der Waals surface area contributed by atoms with Crippen LogP contribution in [-0.2, 0) is 6.42 Å². The van der Waals surface area contributed by atoms with Crippen LogP contribution in [0, 0.1) is 17.2 Å². The van der Waals surface area contributed by atoms with Gasteiger partial charge in [0.05, 0.1) is 12.0 Å². The van der Waals surface area contributed by atoms with Crippen molar-refractivity contribution in [1.82, 2.24) is 0 Å². The summed E-state index contributed by atoms with van der Waals surface area (Å²) in [5.74, 6) is 0.878. The van der Waals surface area contributed by atoms with E-state index in [-0.39, 0.29) is 12.0 Å². The maximum Gasteiger partial charge on any atom is 0.122 e. The highest BCUT2D eigenvalue weighted by Gasteiger charge is 2.22. The number of hydrogen-bond donors (Lipinski definition) is 1. The van der Waals surface area contributed by atoms with E-state index in [4.69, 9.17) is 15.7 Å². The highest BCUT2D eigenvalue weighted by atomic mass is 16.5. The molecule has 2 atom stereocenters. The molecule has 2 rings (SSSR count). The van der Waals surface area contributed by atoms with E-state index in [1.807, 2.05) is 18.2 Å². The van der Waals surface area contributed by atoms with Gasteiger partial charge in [0.15, 0.2) is 0 Å². The molecule has 3 nitrogen and oxygen atoms in total. The van der Waals surface area contributed by atoms with Gasteiger partial charge in [0.2, 0.25) is 0 Å². The lowest BCUT2D eigenvalue weighted by Crippen LogP contribution is -2.27. The Morgan fingerprint density at radius 3 is 3.06 bits per heavy atom. The molecule has 84 valence electrons. The number of nitriles is 1. The van der Waals surface area contributed by atoms with Crippen molar-refractivity contribution in [2.45, 2.75) is 25.4 Å². The van der Waals surface area contributed by atoms with Gasteiger partial charge in [0.1, 0.15) is 11.9 Å². The zero-order valence-electron chi connectivity index (χ0n) is 9.23. The molecule has 1 aliphatic rings. The molecule has 1 aliphatic heterocycles. The first kappa shape index (κ1) is 11.0. The summed E-state index contributed by atoms with van der Waals surface area (Å²) < 4.78 is 5.86. The number of nitrogens with two attached hydrogens (primary N) is 1. The normalized spacial score (nSPS) is 20.4. The summed E-state index contributed by atoms with van der Waals surface area (Å²) in [5.41, 5.74) is 6.78. The molecule has 0 aromatic heterocycles. The molecule has 0 amide bonds. The Morgan fingerprint density at radius 1 is 1.50 bits per heavy atom. The van der Waals surface area contributed by atoms with Crippen LogP contribution >= 0.6 is 0 Å². The zero-order valence-corrected chi connectivity index (χ0v) is 9.23. The van der Waals surface area contributed by atoms with E-state index in [0.29, 0.717) is 6.54 Å². The van der Waals surface area contributed by atoms with Crippen molar-refractivity contribution < 1.29 is 4.74 Å². The number of hydrogen-bond acceptors (Lipinski definition) is 3. The zero-order chi connectivity index (χ0) is 11.4. The van der Waals surface area contributed by atoms with Gasteiger partial charge in [-0.25, -0.2) is 0 Å². The lowest BCUT2D eigenvalue weighted by atomic mass is 9.95. The van der Waals surface area contributed by atoms with Gasteiger partial charge < -0.3 is 10.5 Å². The predicted octanol–water partition coefficient (Wildman–Crippen LogP) is 1.87. The molecule has 0 saturated heterocycles. The predicted molar refractivity (Wildman–Crippen MR) is 62.0 cm³/mol. The molecular weight excluding hydrogens is 200 g/mol. The van der Waals surface area contributed by atoms with E-state index < -0.39 is 0 Å². The van der Waals surface area contributed by atoms with Crippen LogP contribution < -0.4 is 10.5 Å². The maximum absolute atomic E-state index is 8.87. The summed E-state index contributed by atoms with van der Waals surface area (Å²) in [6.07, 6.45) is 2.89. The van der Waals surface area contributed by atoms with E-state index in [2.05, 4.69) is 12.1 Å². The fourth-order valence-electron chi connectivity index (χ4n) is 2.07. The number of para-hydroxylation sites is 1. The van der Waals surface area contributed by atoms with Crippen LogP contribution in [0.1, 0.15) is 18.4 Å². The molecule has 0 fully saturated rings. The lowest BCUT2D eigenvalue weighted by molar-refractivity contribution is 0.152. The summed E-state index contributed by atoms with van der Waals surface area (Å²) >= 11 is 0. The molecule has 0 aliphatic carbocycles. The van der Waals surface area contributed by atoms with Crippen LogP contribution in [0.5, 0.6) is 5.75 Å². The lowest BCUT2D eigenvalue weighted by Gasteiger charge is -2.27. The highest BCUT2D eigenvalue weighted by molar-refractivity contribution is 5.35. The van der Waals surface area contributed by atoms with Gasteiger partial charge in [-0.2, -0.15) is 5.26 Å². The first-order chi connectivity index (χ1) is 7.83. The average Bonchev–Trinajstić information content (AvgIpc) is 2.35. The van der Waals surface area contributed by atoms with Crippen molar-refractivity contribution in [3.8, 4) is 11.8 Å². The fraction of sp³-hybridized carbons (Fsp3) is 0.462. The quantitative estimate of drug-likeness (QED) is 0.839. The van der Waals surface area contributed by atoms with Gasteiger partial charge >= 0.3 is 0 Å². The summed E-state index contributed by atoms with van der Waals surface area (Å²) in [5, 5.41) is 8.87. The van der Waals surface area contributed by atoms with Crippen molar-refractivity contribution in [3.05, 3.63) is 29.8 Å². The molecule has 0 saturated carbocycles. The molecule has 1 heterocycles. The van der Waals surface area contributed by atoms with E-state index in [1.54, 1.807) is 0 Å². The molecule has 2 N–H and O–H groups in total. The van der Waals surface area contributed by atoms with Crippen LogP contribution in [0.2, 0.25) is 0 Å². The Morgan fingerprint density at radius 2 is 2.31 bits per heavy atom. The Kier molecular flexibility index (Phi) is 3.43. The van der Waals surface area contributed by atoms with Crippen LogP contribution in [0.3, 0.4) is 0 Å². The molecule has 3 heteroatoms. The maximum atomic E-state index is 8.87. The number of fused-ring (bicyclic) bond motifs is 1. The first-order valence-corrected chi connectivity index (χ1v) is 5.67. The first-order valence-electron chi connectivity index (χ1n) is 5.67. The van der Waals surface area contributed by atoms with Crippen LogP contribution in [-0.4, -0.2) is 12.6 Å². The summed E-state index contributed by atoms with van der Waals surface area (Å²) in [6.45, 7) is 0.415. The number of benzene rings is 1. The largest absolute Gasteiger partial charge is 0.490 e. The number of ether oxygens (including phenoxy) is 1. The summed E-state index contributed by atoms with van der Waals surface area (Å²) in [6, 6.07) is 10.3. The summed E-state index contributed by atoms with van der Waals surface area (Å²) in [7, 11) is 0. The number of aryl methyl sites for hydroxylation is 1. The Labute approximate surface area is 95.8 Å². The van der Waals surface area contributed by atoms with Gasteiger partial charge in [-0.3, -0.25) is 0 Å². The SMILES string of the molecule is N#CC(CN)CC1CCc2ccccc2O1. The van der Waals surface area contributed by atoms with Gasteiger partial charge in [-0.15, -0.1) is 0 Å². The topological polar surface area (TPSA) is 59.0 Å². The third kappa shape index (κ3) is 2.34. The van der Waals surface area contributed by atoms with Crippen LogP contribution in [0.15, 0.2) is 24.3 Å². The summed E-state index contributed by atoms with van der Waals surface area (Å²) in [4.78, 5) is 0. The molecule has 16 heavy (non-hydrogen) atoms. The van der Waals surface area contributed by atoms with Gasteiger partial charge in [-0.1, -0.05) is 18.2 Å². The second-order valence-corrected chi connectivity index (χ2v) is 4.18. The standard InChI is InChI=1S/C13H16N2O/c14-8-10(9-15)7-12-6-5-11-3-1-2-4-13(11)16-12/h1-4,10,12H,5-8,14H2. The third-order valence-corrected chi connectivity index (χ3v) is 3.02. The minimum atomic E-state index is -0.0877. The molecule has 0 bridgehead atoms. The van der Waals surface area contributed by atoms with E-state index in [9.17, 15) is 0 Å². The third-order valence-electron chi connectivity index (χ3n) is 3.02.